The van der Waals surface area contributed by atoms with Gasteiger partial charge in [-0.15, -0.1) is 0 Å². The van der Waals surface area contributed by atoms with Crippen molar-refractivity contribution in [2.45, 2.75) is 258 Å². The number of esters is 3. The van der Waals surface area contributed by atoms with Crippen molar-refractivity contribution in [1.29, 1.82) is 0 Å². The van der Waals surface area contributed by atoms with Crippen molar-refractivity contribution in [2.24, 2.45) is 0 Å². The Bertz CT molecular complexity index is 1190. The van der Waals surface area contributed by atoms with E-state index in [1.54, 1.807) is 6.08 Å². The number of hydrogen-bond acceptors (Lipinski definition) is 6. The average molecular weight is 879 g/mol. The van der Waals surface area contributed by atoms with Crippen molar-refractivity contribution in [3.8, 4) is 0 Å². The van der Waals surface area contributed by atoms with E-state index in [4.69, 9.17) is 14.2 Å². The first-order valence-corrected chi connectivity index (χ1v) is 26.4. The third-order valence-corrected chi connectivity index (χ3v) is 11.2. The van der Waals surface area contributed by atoms with Gasteiger partial charge >= 0.3 is 17.9 Å². The summed E-state index contributed by atoms with van der Waals surface area (Å²) in [6.45, 7) is 6.38. The van der Waals surface area contributed by atoms with Crippen molar-refractivity contribution in [3.63, 3.8) is 0 Å². The van der Waals surface area contributed by atoms with Crippen LogP contribution < -0.4 is 0 Å². The lowest BCUT2D eigenvalue weighted by Gasteiger charge is -2.18. The van der Waals surface area contributed by atoms with Crippen molar-refractivity contribution in [2.75, 3.05) is 13.2 Å². The van der Waals surface area contributed by atoms with Gasteiger partial charge in [0, 0.05) is 12.8 Å². The molecular weight excluding hydrogens is 781 g/mol. The van der Waals surface area contributed by atoms with Crippen LogP contribution in [0.3, 0.4) is 0 Å². The van der Waals surface area contributed by atoms with E-state index in [0.717, 1.165) is 89.9 Å². The maximum Gasteiger partial charge on any atom is 0.310 e. The molecule has 0 spiro atoms. The highest BCUT2D eigenvalue weighted by Crippen LogP contribution is 2.16. The van der Waals surface area contributed by atoms with E-state index in [0.29, 0.717) is 12.8 Å². The quantitative estimate of drug-likeness (QED) is 0.0262. The summed E-state index contributed by atoms with van der Waals surface area (Å²) in [7, 11) is 0. The summed E-state index contributed by atoms with van der Waals surface area (Å²) in [6.07, 6.45) is 65.0. The third-order valence-electron chi connectivity index (χ3n) is 11.2. The normalized spacial score (nSPS) is 12.6. The minimum absolute atomic E-state index is 0.0969. The molecule has 6 heteroatoms. The molecule has 0 aliphatic carbocycles. The minimum atomic E-state index is -0.830. The molecule has 6 nitrogen and oxygen atoms in total. The lowest BCUT2D eigenvalue weighted by Crippen LogP contribution is -2.30. The first-order valence-electron chi connectivity index (χ1n) is 26.4. The van der Waals surface area contributed by atoms with Crippen LogP contribution in [0.4, 0.5) is 0 Å². The van der Waals surface area contributed by atoms with Gasteiger partial charge in [0.1, 0.15) is 13.2 Å². The summed E-state index contributed by atoms with van der Waals surface area (Å²) in [5.41, 5.74) is 0. The zero-order valence-corrected chi connectivity index (χ0v) is 41.3. The van der Waals surface area contributed by atoms with Gasteiger partial charge in [-0.25, -0.2) is 0 Å². The van der Waals surface area contributed by atoms with Gasteiger partial charge in [0.25, 0.3) is 0 Å². The van der Waals surface area contributed by atoms with Gasteiger partial charge in [-0.2, -0.15) is 0 Å². The number of unbranched alkanes of at least 4 members (excludes halogenated alkanes) is 25. The molecule has 0 fully saturated rings. The highest BCUT2D eigenvalue weighted by atomic mass is 16.6. The largest absolute Gasteiger partial charge is 0.462 e. The van der Waals surface area contributed by atoms with E-state index in [9.17, 15) is 14.4 Å². The van der Waals surface area contributed by atoms with Crippen LogP contribution in [0.25, 0.3) is 0 Å². The van der Waals surface area contributed by atoms with Crippen molar-refractivity contribution in [3.05, 3.63) is 72.9 Å². The fraction of sp³-hybridized carbons (Fsp3) is 0.737. The molecule has 0 saturated carbocycles. The van der Waals surface area contributed by atoms with E-state index in [1.165, 1.54) is 122 Å². The molecule has 1 atom stereocenters. The molecule has 0 rings (SSSR count). The second-order valence-corrected chi connectivity index (χ2v) is 17.4. The van der Waals surface area contributed by atoms with E-state index in [1.807, 2.05) is 6.08 Å². The van der Waals surface area contributed by atoms with Gasteiger partial charge in [-0.1, -0.05) is 241 Å². The van der Waals surface area contributed by atoms with E-state index in [2.05, 4.69) is 81.5 Å². The van der Waals surface area contributed by atoms with Crippen molar-refractivity contribution in [1.82, 2.24) is 0 Å². The first kappa shape index (κ1) is 59.9. The maximum absolute atomic E-state index is 12.7. The molecule has 63 heavy (non-hydrogen) atoms. The SMILES string of the molecule is CC/C=C\C/C=C\C/C=C\C/C=C\C/C=C\CC(=O)OC(COC(=O)CCCCCCC/C=C\CCC)COC(=O)CCCCCCCCCCCCCCCCCCCCCC. The molecule has 1 unspecified atom stereocenters. The molecule has 0 bridgehead atoms. The van der Waals surface area contributed by atoms with Crippen LogP contribution in [0.5, 0.6) is 0 Å². The van der Waals surface area contributed by atoms with E-state index < -0.39 is 12.1 Å². The molecule has 0 amide bonds. The molecule has 362 valence electrons. The third kappa shape index (κ3) is 49.7. The summed E-state index contributed by atoms with van der Waals surface area (Å²) in [6, 6.07) is 0. The van der Waals surface area contributed by atoms with Gasteiger partial charge in [-0.05, 0) is 64.2 Å². The predicted molar refractivity (Wildman–Crippen MR) is 270 cm³/mol. The molecule has 0 aromatic rings. The van der Waals surface area contributed by atoms with Crippen LogP contribution in [-0.4, -0.2) is 37.2 Å². The molecule has 0 aromatic heterocycles. The fourth-order valence-corrected chi connectivity index (χ4v) is 7.29. The second kappa shape index (κ2) is 51.5. The Balaban J connectivity index is 4.38. The van der Waals surface area contributed by atoms with Crippen LogP contribution in [0, 0.1) is 0 Å². The number of carbonyl (C=O) groups is 3. The number of ether oxygens (including phenoxy) is 3. The van der Waals surface area contributed by atoms with Gasteiger partial charge in [0.05, 0.1) is 6.42 Å². The first-order chi connectivity index (χ1) is 31.0. The number of rotatable bonds is 47. The minimum Gasteiger partial charge on any atom is -0.462 e. The van der Waals surface area contributed by atoms with Crippen LogP contribution >= 0.6 is 0 Å². The molecule has 0 aliphatic rings. The number of allylic oxidation sites excluding steroid dienone is 11. The van der Waals surface area contributed by atoms with Gasteiger partial charge in [0.2, 0.25) is 0 Å². The second-order valence-electron chi connectivity index (χ2n) is 17.4. The smallest absolute Gasteiger partial charge is 0.310 e. The van der Waals surface area contributed by atoms with Crippen LogP contribution in [0.2, 0.25) is 0 Å². The Hall–Kier alpha value is -3.15. The summed E-state index contributed by atoms with van der Waals surface area (Å²) >= 11 is 0. The number of hydrogen-bond donors (Lipinski definition) is 0. The Morgan fingerprint density at radius 1 is 0.349 bits per heavy atom. The van der Waals surface area contributed by atoms with E-state index in [-0.39, 0.29) is 31.6 Å². The highest BCUT2D eigenvalue weighted by molar-refractivity contribution is 5.72. The fourth-order valence-electron chi connectivity index (χ4n) is 7.29. The Kier molecular flexibility index (Phi) is 48.9. The summed E-state index contributed by atoms with van der Waals surface area (Å²) in [5, 5.41) is 0. The molecule has 0 heterocycles. The Morgan fingerprint density at radius 2 is 0.698 bits per heavy atom. The lowest BCUT2D eigenvalue weighted by molar-refractivity contribution is -0.166. The molecule has 0 saturated heterocycles. The van der Waals surface area contributed by atoms with Crippen LogP contribution in [0.1, 0.15) is 252 Å². The molecule has 0 aromatic carbocycles. The maximum atomic E-state index is 12.7. The standard InChI is InChI=1S/C57H98O6/c1-4-7-10-13-16-19-22-24-26-27-28-29-30-32-33-35-38-41-44-47-50-56(59)62-53-54(52-61-55(58)49-46-43-40-37-21-18-15-12-9-6-3)63-57(60)51-48-45-42-39-36-34-31-25-23-20-17-14-11-8-5-2/h8,11-12,15,17,20,25,31,36,39,45,48,54H,4-7,9-10,13-14,16,18-19,21-24,26-30,32-35,37-38,40-44,46-47,49-53H2,1-3H3/b11-8-,15-12-,20-17-,31-25-,39-36-,48-45-. The molecule has 0 radical (unpaired) electrons. The Labute approximate surface area is 389 Å². The van der Waals surface area contributed by atoms with Gasteiger partial charge in [-0.3, -0.25) is 14.4 Å². The lowest BCUT2D eigenvalue weighted by atomic mass is 10.0. The van der Waals surface area contributed by atoms with Crippen molar-refractivity contribution >= 4 is 17.9 Å². The Morgan fingerprint density at radius 3 is 1.10 bits per heavy atom. The molecule has 0 aliphatic heterocycles. The van der Waals surface area contributed by atoms with E-state index >= 15 is 0 Å². The topological polar surface area (TPSA) is 78.9 Å². The van der Waals surface area contributed by atoms with Gasteiger partial charge < -0.3 is 14.2 Å². The zero-order valence-electron chi connectivity index (χ0n) is 41.3. The molecule has 0 N–H and O–H groups in total. The monoisotopic (exact) mass is 879 g/mol. The predicted octanol–water partition coefficient (Wildman–Crippen LogP) is 17.4. The van der Waals surface area contributed by atoms with Crippen LogP contribution in [0.15, 0.2) is 72.9 Å². The number of carbonyl (C=O) groups excluding carboxylic acids is 3. The van der Waals surface area contributed by atoms with Crippen molar-refractivity contribution < 1.29 is 28.6 Å². The summed E-state index contributed by atoms with van der Waals surface area (Å²) < 4.78 is 16.7. The summed E-state index contributed by atoms with van der Waals surface area (Å²) in [5.74, 6) is -1.05. The zero-order chi connectivity index (χ0) is 45.8. The average Bonchev–Trinajstić information content (AvgIpc) is 3.28. The summed E-state index contributed by atoms with van der Waals surface area (Å²) in [4.78, 5) is 37.9. The molecular formula is C57H98O6. The van der Waals surface area contributed by atoms with Crippen LogP contribution in [-0.2, 0) is 28.6 Å². The van der Waals surface area contributed by atoms with Gasteiger partial charge in [0.15, 0.2) is 6.10 Å². The highest BCUT2D eigenvalue weighted by Gasteiger charge is 2.19.